The molecule has 116 valence electrons. The highest BCUT2D eigenvalue weighted by atomic mass is 35.5. The molecule has 1 aromatic rings. The van der Waals surface area contributed by atoms with E-state index in [9.17, 15) is 0 Å². The summed E-state index contributed by atoms with van der Waals surface area (Å²) in [7, 11) is 0. The second-order valence-corrected chi connectivity index (χ2v) is 5.52. The van der Waals surface area contributed by atoms with E-state index in [-0.39, 0.29) is 24.8 Å². The van der Waals surface area contributed by atoms with E-state index in [4.69, 9.17) is 0 Å². The zero-order valence-electron chi connectivity index (χ0n) is 13.0. The van der Waals surface area contributed by atoms with Crippen LogP contribution in [0.1, 0.15) is 41.6 Å². The summed E-state index contributed by atoms with van der Waals surface area (Å²) in [5.41, 5.74) is 5.85. The molecule has 1 atom stereocenters. The molecule has 1 aromatic carbocycles. The van der Waals surface area contributed by atoms with Crippen LogP contribution < -0.4 is 5.32 Å². The quantitative estimate of drug-likeness (QED) is 0.911. The van der Waals surface area contributed by atoms with E-state index in [0.717, 1.165) is 13.1 Å². The first-order valence-electron chi connectivity index (χ1n) is 7.16. The SMILES string of the molecule is CC[C@@H](c1c(C)cc(C)cc1C)N1CCNCC1.Cl.Cl. The van der Waals surface area contributed by atoms with E-state index in [2.05, 4.69) is 50.0 Å². The predicted molar refractivity (Wildman–Crippen MR) is 92.6 cm³/mol. The van der Waals surface area contributed by atoms with Crippen LogP contribution in [0.5, 0.6) is 0 Å². The summed E-state index contributed by atoms with van der Waals surface area (Å²) in [5.74, 6) is 0. The fourth-order valence-corrected chi connectivity index (χ4v) is 3.36. The zero-order chi connectivity index (χ0) is 13.1. The van der Waals surface area contributed by atoms with Gasteiger partial charge >= 0.3 is 0 Å². The molecule has 1 saturated heterocycles. The van der Waals surface area contributed by atoms with Gasteiger partial charge < -0.3 is 5.32 Å². The number of hydrogen-bond donors (Lipinski definition) is 1. The standard InChI is InChI=1S/C16H26N2.2ClH/c1-5-15(18-8-6-17-7-9-18)16-13(3)10-12(2)11-14(16)4;;/h10-11,15,17H,5-9H2,1-4H3;2*1H/t15-;;/m0../s1. The van der Waals surface area contributed by atoms with Gasteiger partial charge in [0.15, 0.2) is 0 Å². The monoisotopic (exact) mass is 318 g/mol. The number of piperazine rings is 1. The summed E-state index contributed by atoms with van der Waals surface area (Å²) in [6.45, 7) is 13.6. The van der Waals surface area contributed by atoms with Crippen molar-refractivity contribution in [3.63, 3.8) is 0 Å². The molecule has 0 saturated carbocycles. The summed E-state index contributed by atoms with van der Waals surface area (Å²) < 4.78 is 0. The highest BCUT2D eigenvalue weighted by molar-refractivity contribution is 5.85. The van der Waals surface area contributed by atoms with Crippen molar-refractivity contribution in [1.29, 1.82) is 0 Å². The lowest BCUT2D eigenvalue weighted by molar-refractivity contribution is 0.168. The first kappa shape index (κ1) is 19.7. The highest BCUT2D eigenvalue weighted by Gasteiger charge is 2.23. The van der Waals surface area contributed by atoms with E-state index < -0.39 is 0 Å². The van der Waals surface area contributed by atoms with E-state index in [1.165, 1.54) is 36.2 Å². The van der Waals surface area contributed by atoms with E-state index in [0.29, 0.717) is 6.04 Å². The van der Waals surface area contributed by atoms with Crippen LogP contribution in [0.15, 0.2) is 12.1 Å². The summed E-state index contributed by atoms with van der Waals surface area (Å²) in [6, 6.07) is 5.24. The average molecular weight is 319 g/mol. The van der Waals surface area contributed by atoms with Crippen LogP contribution in [0.3, 0.4) is 0 Å². The largest absolute Gasteiger partial charge is 0.314 e. The molecular weight excluding hydrogens is 291 g/mol. The average Bonchev–Trinajstić information content (AvgIpc) is 2.34. The van der Waals surface area contributed by atoms with Gasteiger partial charge in [-0.3, -0.25) is 4.90 Å². The molecule has 0 radical (unpaired) electrons. The summed E-state index contributed by atoms with van der Waals surface area (Å²) in [4.78, 5) is 2.64. The maximum Gasteiger partial charge on any atom is 0.0351 e. The van der Waals surface area contributed by atoms with Crippen molar-refractivity contribution in [3.05, 3.63) is 34.4 Å². The molecular formula is C16H28Cl2N2. The second-order valence-electron chi connectivity index (χ2n) is 5.52. The predicted octanol–water partition coefficient (Wildman–Crippen LogP) is 3.81. The van der Waals surface area contributed by atoms with Gasteiger partial charge in [0, 0.05) is 32.2 Å². The number of nitrogens with one attached hydrogen (secondary N) is 1. The molecule has 20 heavy (non-hydrogen) atoms. The van der Waals surface area contributed by atoms with Crippen LogP contribution in [0.2, 0.25) is 0 Å². The van der Waals surface area contributed by atoms with Crippen molar-refractivity contribution < 1.29 is 0 Å². The maximum absolute atomic E-state index is 3.44. The minimum absolute atomic E-state index is 0. The van der Waals surface area contributed by atoms with Crippen LogP contribution in [-0.2, 0) is 0 Å². The van der Waals surface area contributed by atoms with Gasteiger partial charge in [-0.05, 0) is 43.9 Å². The smallest absolute Gasteiger partial charge is 0.0351 e. The Morgan fingerprint density at radius 3 is 2.00 bits per heavy atom. The van der Waals surface area contributed by atoms with E-state index >= 15 is 0 Å². The first-order chi connectivity index (χ1) is 8.63. The fraction of sp³-hybridized carbons (Fsp3) is 0.625. The molecule has 2 nitrogen and oxygen atoms in total. The maximum atomic E-state index is 3.44. The van der Waals surface area contributed by atoms with Gasteiger partial charge in [-0.1, -0.05) is 24.6 Å². The van der Waals surface area contributed by atoms with Crippen LogP contribution in [0.4, 0.5) is 0 Å². The Labute approximate surface area is 136 Å². The zero-order valence-corrected chi connectivity index (χ0v) is 14.7. The number of aryl methyl sites for hydroxylation is 3. The van der Waals surface area contributed by atoms with Crippen LogP contribution >= 0.6 is 24.8 Å². The van der Waals surface area contributed by atoms with Crippen molar-refractivity contribution in [1.82, 2.24) is 10.2 Å². The van der Waals surface area contributed by atoms with Crippen LogP contribution in [0, 0.1) is 20.8 Å². The minimum Gasteiger partial charge on any atom is -0.314 e. The molecule has 0 spiro atoms. The molecule has 1 aliphatic heterocycles. The van der Waals surface area contributed by atoms with Crippen molar-refractivity contribution in [2.24, 2.45) is 0 Å². The second kappa shape index (κ2) is 8.89. The minimum atomic E-state index is 0. The number of halogens is 2. The summed E-state index contributed by atoms with van der Waals surface area (Å²) in [6.07, 6.45) is 1.20. The Morgan fingerprint density at radius 1 is 1.05 bits per heavy atom. The summed E-state index contributed by atoms with van der Waals surface area (Å²) >= 11 is 0. The molecule has 0 unspecified atom stereocenters. The Bertz CT molecular complexity index is 392. The fourth-order valence-electron chi connectivity index (χ4n) is 3.36. The van der Waals surface area contributed by atoms with Gasteiger partial charge in [-0.15, -0.1) is 24.8 Å². The number of rotatable bonds is 3. The third kappa shape index (κ3) is 4.36. The first-order valence-corrected chi connectivity index (χ1v) is 7.16. The molecule has 0 bridgehead atoms. The molecule has 1 aliphatic rings. The molecule has 2 rings (SSSR count). The number of nitrogens with zero attached hydrogens (tertiary/aromatic N) is 1. The third-order valence-corrected chi connectivity index (χ3v) is 4.05. The van der Waals surface area contributed by atoms with Gasteiger partial charge in [0.05, 0.1) is 0 Å². The molecule has 4 heteroatoms. The topological polar surface area (TPSA) is 15.3 Å². The van der Waals surface area contributed by atoms with Crippen LogP contribution in [-0.4, -0.2) is 31.1 Å². The van der Waals surface area contributed by atoms with Crippen molar-refractivity contribution >= 4 is 24.8 Å². The molecule has 0 amide bonds. The lowest BCUT2D eigenvalue weighted by Crippen LogP contribution is -2.45. The normalized spacial score (nSPS) is 17.0. The third-order valence-electron chi connectivity index (χ3n) is 4.05. The lowest BCUT2D eigenvalue weighted by Gasteiger charge is -2.36. The lowest BCUT2D eigenvalue weighted by atomic mass is 9.91. The highest BCUT2D eigenvalue weighted by Crippen LogP contribution is 2.30. The van der Waals surface area contributed by atoms with E-state index in [1.807, 2.05) is 0 Å². The van der Waals surface area contributed by atoms with Gasteiger partial charge in [0.2, 0.25) is 0 Å². The van der Waals surface area contributed by atoms with Crippen molar-refractivity contribution in [3.8, 4) is 0 Å². The number of benzene rings is 1. The Kier molecular flexibility index (Phi) is 8.76. The Balaban J connectivity index is 0.00000180. The van der Waals surface area contributed by atoms with Gasteiger partial charge in [-0.25, -0.2) is 0 Å². The van der Waals surface area contributed by atoms with Crippen molar-refractivity contribution in [2.75, 3.05) is 26.2 Å². The molecule has 1 heterocycles. The van der Waals surface area contributed by atoms with Crippen molar-refractivity contribution in [2.45, 2.75) is 40.2 Å². The van der Waals surface area contributed by atoms with Gasteiger partial charge in [-0.2, -0.15) is 0 Å². The van der Waals surface area contributed by atoms with Gasteiger partial charge in [0.1, 0.15) is 0 Å². The number of hydrogen-bond acceptors (Lipinski definition) is 2. The Morgan fingerprint density at radius 2 is 1.55 bits per heavy atom. The molecule has 0 aromatic heterocycles. The molecule has 1 N–H and O–H groups in total. The molecule has 1 fully saturated rings. The van der Waals surface area contributed by atoms with Gasteiger partial charge in [0.25, 0.3) is 0 Å². The summed E-state index contributed by atoms with van der Waals surface area (Å²) in [5, 5.41) is 3.44. The van der Waals surface area contributed by atoms with E-state index in [1.54, 1.807) is 5.56 Å². The molecule has 0 aliphatic carbocycles. The Hall–Kier alpha value is -0.280. The van der Waals surface area contributed by atoms with Crippen LogP contribution in [0.25, 0.3) is 0 Å².